The molecular formula is C20H39N3O2. The summed E-state index contributed by atoms with van der Waals surface area (Å²) in [5, 5.41) is 3.65. The zero-order valence-electron chi connectivity index (χ0n) is 16.6. The van der Waals surface area contributed by atoms with E-state index in [0.29, 0.717) is 18.1 Å². The summed E-state index contributed by atoms with van der Waals surface area (Å²) in [7, 11) is 0. The lowest BCUT2D eigenvalue weighted by atomic mass is 9.92. The van der Waals surface area contributed by atoms with Crippen molar-refractivity contribution in [2.75, 3.05) is 13.1 Å². The van der Waals surface area contributed by atoms with Gasteiger partial charge in [0.2, 0.25) is 0 Å². The predicted molar refractivity (Wildman–Crippen MR) is 103 cm³/mol. The van der Waals surface area contributed by atoms with Crippen molar-refractivity contribution in [1.29, 1.82) is 0 Å². The van der Waals surface area contributed by atoms with Gasteiger partial charge in [0, 0.05) is 24.7 Å². The molecule has 2 aliphatic rings. The molecule has 25 heavy (non-hydrogen) atoms. The van der Waals surface area contributed by atoms with Gasteiger partial charge in [-0.05, 0) is 72.3 Å². The molecule has 0 bridgehead atoms. The van der Waals surface area contributed by atoms with Crippen molar-refractivity contribution in [2.45, 2.75) is 109 Å². The monoisotopic (exact) mass is 353 g/mol. The molecule has 1 amide bonds. The predicted octanol–water partition coefficient (Wildman–Crippen LogP) is 3.81. The van der Waals surface area contributed by atoms with Gasteiger partial charge in [-0.2, -0.15) is 0 Å². The Morgan fingerprint density at radius 1 is 1.08 bits per heavy atom. The molecule has 2 aliphatic carbocycles. The topological polar surface area (TPSA) is 67.6 Å². The van der Waals surface area contributed by atoms with E-state index in [2.05, 4.69) is 5.32 Å². The van der Waals surface area contributed by atoms with Gasteiger partial charge >= 0.3 is 6.09 Å². The second-order valence-corrected chi connectivity index (χ2v) is 8.88. The average molecular weight is 354 g/mol. The van der Waals surface area contributed by atoms with E-state index in [9.17, 15) is 4.79 Å². The number of rotatable bonds is 6. The zero-order chi connectivity index (χ0) is 18.3. The van der Waals surface area contributed by atoms with Gasteiger partial charge in [-0.25, -0.2) is 4.79 Å². The Bertz CT molecular complexity index is 394. The molecule has 0 atom stereocenters. The highest BCUT2D eigenvalue weighted by atomic mass is 16.6. The molecule has 0 aliphatic heterocycles. The van der Waals surface area contributed by atoms with E-state index in [4.69, 9.17) is 10.5 Å². The largest absolute Gasteiger partial charge is 0.444 e. The molecule has 0 aromatic carbocycles. The highest BCUT2D eigenvalue weighted by molar-refractivity contribution is 5.68. The number of amides is 1. The summed E-state index contributed by atoms with van der Waals surface area (Å²) in [5.41, 5.74) is 5.54. The van der Waals surface area contributed by atoms with E-state index >= 15 is 0 Å². The molecule has 0 radical (unpaired) electrons. The van der Waals surface area contributed by atoms with E-state index in [-0.39, 0.29) is 6.09 Å². The molecule has 0 aromatic heterocycles. The maximum absolute atomic E-state index is 12.7. The third-order valence-electron chi connectivity index (χ3n) is 5.42. The van der Waals surface area contributed by atoms with Crippen molar-refractivity contribution in [3.8, 4) is 0 Å². The maximum atomic E-state index is 12.7. The summed E-state index contributed by atoms with van der Waals surface area (Å²) in [5.74, 6) is 0. The van der Waals surface area contributed by atoms with Gasteiger partial charge in [0.1, 0.15) is 5.60 Å². The van der Waals surface area contributed by atoms with Gasteiger partial charge in [0.15, 0.2) is 0 Å². The number of hydrogen-bond donors (Lipinski definition) is 2. The first-order chi connectivity index (χ1) is 11.8. The second-order valence-electron chi connectivity index (χ2n) is 8.88. The number of nitrogens with zero attached hydrogens (tertiary/aromatic N) is 1. The Morgan fingerprint density at radius 2 is 1.72 bits per heavy atom. The number of carbonyl (C=O) groups excluding carboxylic acids is 1. The van der Waals surface area contributed by atoms with Crippen molar-refractivity contribution in [1.82, 2.24) is 10.2 Å². The highest BCUT2D eigenvalue weighted by Crippen LogP contribution is 2.24. The normalized spacial score (nSPS) is 25.6. The summed E-state index contributed by atoms with van der Waals surface area (Å²) in [6.07, 6.45) is 11.5. The van der Waals surface area contributed by atoms with Crippen molar-refractivity contribution in [3.63, 3.8) is 0 Å². The Kier molecular flexibility index (Phi) is 8.01. The van der Waals surface area contributed by atoms with Crippen LogP contribution in [0.3, 0.4) is 0 Å². The van der Waals surface area contributed by atoms with Gasteiger partial charge in [0.25, 0.3) is 0 Å². The van der Waals surface area contributed by atoms with E-state index < -0.39 is 5.60 Å². The van der Waals surface area contributed by atoms with E-state index in [1.165, 1.54) is 32.1 Å². The van der Waals surface area contributed by atoms with Gasteiger partial charge in [0.05, 0.1) is 0 Å². The quantitative estimate of drug-likeness (QED) is 0.713. The van der Waals surface area contributed by atoms with E-state index in [1.54, 1.807) is 0 Å². The summed E-state index contributed by atoms with van der Waals surface area (Å²) in [6, 6.07) is 1.35. The van der Waals surface area contributed by atoms with Crippen LogP contribution in [0.4, 0.5) is 4.79 Å². The van der Waals surface area contributed by atoms with E-state index in [1.807, 2.05) is 25.7 Å². The fourth-order valence-corrected chi connectivity index (χ4v) is 4.02. The minimum Gasteiger partial charge on any atom is -0.444 e. The van der Waals surface area contributed by atoms with Crippen molar-refractivity contribution in [2.24, 2.45) is 5.73 Å². The molecule has 5 nitrogen and oxygen atoms in total. The van der Waals surface area contributed by atoms with Crippen LogP contribution in [-0.4, -0.2) is 47.8 Å². The van der Waals surface area contributed by atoms with Gasteiger partial charge in [-0.1, -0.05) is 19.3 Å². The van der Waals surface area contributed by atoms with Crippen LogP contribution in [0, 0.1) is 0 Å². The Morgan fingerprint density at radius 3 is 2.32 bits per heavy atom. The SMILES string of the molecule is CC(C)(C)OC(=O)N(CCCNC1CCC(N)CC1)C1CCCCC1. The molecular weight excluding hydrogens is 314 g/mol. The van der Waals surface area contributed by atoms with Crippen LogP contribution in [0.25, 0.3) is 0 Å². The third-order valence-corrected chi connectivity index (χ3v) is 5.42. The average Bonchev–Trinajstić information content (AvgIpc) is 2.55. The molecule has 146 valence electrons. The van der Waals surface area contributed by atoms with Gasteiger partial charge in [-0.3, -0.25) is 0 Å². The first-order valence-corrected chi connectivity index (χ1v) is 10.3. The van der Waals surface area contributed by atoms with Crippen LogP contribution < -0.4 is 11.1 Å². The van der Waals surface area contributed by atoms with Crippen LogP contribution in [0.5, 0.6) is 0 Å². The van der Waals surface area contributed by atoms with Gasteiger partial charge < -0.3 is 20.7 Å². The second kappa shape index (κ2) is 9.77. The van der Waals surface area contributed by atoms with Crippen molar-refractivity contribution < 1.29 is 9.53 Å². The van der Waals surface area contributed by atoms with Crippen LogP contribution in [-0.2, 0) is 4.74 Å². The Hall–Kier alpha value is -0.810. The molecule has 5 heteroatoms. The highest BCUT2D eigenvalue weighted by Gasteiger charge is 2.29. The lowest BCUT2D eigenvalue weighted by Gasteiger charge is -2.36. The Balaban J connectivity index is 1.78. The number of nitrogens with two attached hydrogens (primary N) is 1. The molecule has 2 fully saturated rings. The van der Waals surface area contributed by atoms with Crippen LogP contribution in [0.2, 0.25) is 0 Å². The number of hydrogen-bond acceptors (Lipinski definition) is 4. The molecule has 2 saturated carbocycles. The van der Waals surface area contributed by atoms with Crippen molar-refractivity contribution in [3.05, 3.63) is 0 Å². The van der Waals surface area contributed by atoms with Crippen LogP contribution in [0.15, 0.2) is 0 Å². The molecule has 0 unspecified atom stereocenters. The standard InChI is InChI=1S/C20H39N3O2/c1-20(2,3)25-19(24)23(18-8-5-4-6-9-18)15-7-14-22-17-12-10-16(21)11-13-17/h16-18,22H,4-15,21H2,1-3H3. The maximum Gasteiger partial charge on any atom is 0.410 e. The lowest BCUT2D eigenvalue weighted by Crippen LogP contribution is -2.45. The van der Waals surface area contributed by atoms with Crippen molar-refractivity contribution >= 4 is 6.09 Å². The zero-order valence-corrected chi connectivity index (χ0v) is 16.6. The number of nitrogens with one attached hydrogen (secondary N) is 1. The summed E-state index contributed by atoms with van der Waals surface area (Å²) in [6.45, 7) is 7.59. The molecule has 2 rings (SSSR count). The molecule has 0 spiro atoms. The fourth-order valence-electron chi connectivity index (χ4n) is 4.02. The molecule has 3 N–H and O–H groups in total. The third kappa shape index (κ3) is 7.53. The number of carbonyl (C=O) groups is 1. The summed E-state index contributed by atoms with van der Waals surface area (Å²) in [4.78, 5) is 14.7. The van der Waals surface area contributed by atoms with Crippen LogP contribution >= 0.6 is 0 Å². The van der Waals surface area contributed by atoms with Crippen LogP contribution in [0.1, 0.15) is 85.0 Å². The first-order valence-electron chi connectivity index (χ1n) is 10.3. The minimum atomic E-state index is -0.427. The molecule has 0 aromatic rings. The molecule has 0 heterocycles. The minimum absolute atomic E-state index is 0.136. The first kappa shape index (κ1) is 20.5. The number of ether oxygens (including phenoxy) is 1. The summed E-state index contributed by atoms with van der Waals surface area (Å²) >= 11 is 0. The smallest absolute Gasteiger partial charge is 0.410 e. The Labute approximate surface area is 154 Å². The molecule has 0 saturated heterocycles. The lowest BCUT2D eigenvalue weighted by molar-refractivity contribution is 0.0119. The van der Waals surface area contributed by atoms with E-state index in [0.717, 1.165) is 45.2 Å². The van der Waals surface area contributed by atoms with Gasteiger partial charge in [-0.15, -0.1) is 0 Å². The fraction of sp³-hybridized carbons (Fsp3) is 0.950. The summed E-state index contributed by atoms with van der Waals surface area (Å²) < 4.78 is 5.66.